The fourth-order valence-corrected chi connectivity index (χ4v) is 3.65. The minimum absolute atomic E-state index is 0.0111. The average Bonchev–Trinajstić information content (AvgIpc) is 2.89. The molecule has 0 saturated heterocycles. The number of hydrogen-bond acceptors (Lipinski definition) is 3. The van der Waals surface area contributed by atoms with Crippen molar-refractivity contribution >= 4 is 5.97 Å². The molecule has 0 saturated carbocycles. The number of carbonyl (C=O) groups excluding carboxylic acids is 1. The van der Waals surface area contributed by atoms with E-state index in [1.54, 1.807) is 18.2 Å². The minimum Gasteiger partial charge on any atom is -0.490 e. The predicted molar refractivity (Wildman–Crippen MR) is 134 cm³/mol. The first-order chi connectivity index (χ1) is 17.8. The largest absolute Gasteiger partial charge is 0.490 e. The van der Waals surface area contributed by atoms with Gasteiger partial charge in [-0.1, -0.05) is 60.2 Å². The van der Waals surface area contributed by atoms with E-state index in [0.29, 0.717) is 17.5 Å². The van der Waals surface area contributed by atoms with Crippen LogP contribution in [0.4, 0.5) is 17.6 Å². The SMILES string of the molecule is C=CCCOc1ccc(C(=O)Oc2ccc(-c3ccc(-c4ccc(C)cc4)c(F)c3F)cc2)c(F)c1F. The summed E-state index contributed by atoms with van der Waals surface area (Å²) >= 11 is 0. The zero-order valence-electron chi connectivity index (χ0n) is 19.9. The Labute approximate surface area is 211 Å². The third-order valence-electron chi connectivity index (χ3n) is 5.67. The zero-order chi connectivity index (χ0) is 26.5. The number of carbonyl (C=O) groups is 1. The third kappa shape index (κ3) is 5.56. The molecular formula is C30H22F4O3. The van der Waals surface area contributed by atoms with E-state index < -0.39 is 34.8 Å². The van der Waals surface area contributed by atoms with Crippen molar-refractivity contribution in [2.24, 2.45) is 0 Å². The summed E-state index contributed by atoms with van der Waals surface area (Å²) in [6, 6.07) is 17.8. The molecule has 3 nitrogen and oxygen atoms in total. The molecule has 0 aliphatic rings. The molecule has 4 aromatic carbocycles. The zero-order valence-corrected chi connectivity index (χ0v) is 19.9. The van der Waals surface area contributed by atoms with E-state index in [1.807, 2.05) is 19.1 Å². The van der Waals surface area contributed by atoms with Gasteiger partial charge in [0, 0.05) is 11.1 Å². The van der Waals surface area contributed by atoms with Gasteiger partial charge >= 0.3 is 5.97 Å². The number of esters is 1. The summed E-state index contributed by atoms with van der Waals surface area (Å²) in [5.41, 5.74) is 1.43. The molecule has 4 aromatic rings. The van der Waals surface area contributed by atoms with Crippen molar-refractivity contribution in [2.75, 3.05) is 6.61 Å². The molecule has 0 spiro atoms. The number of ether oxygens (including phenoxy) is 2. The topological polar surface area (TPSA) is 35.5 Å². The molecule has 0 atom stereocenters. The van der Waals surface area contributed by atoms with Crippen molar-refractivity contribution in [3.8, 4) is 33.8 Å². The van der Waals surface area contributed by atoms with Crippen LogP contribution in [0.1, 0.15) is 22.3 Å². The first-order valence-electron chi connectivity index (χ1n) is 11.4. The summed E-state index contributed by atoms with van der Waals surface area (Å²) in [5, 5.41) is 0. The highest BCUT2D eigenvalue weighted by Gasteiger charge is 2.21. The van der Waals surface area contributed by atoms with Crippen LogP contribution in [-0.4, -0.2) is 12.6 Å². The van der Waals surface area contributed by atoms with Crippen LogP contribution in [0.2, 0.25) is 0 Å². The second-order valence-electron chi connectivity index (χ2n) is 8.23. The highest BCUT2D eigenvalue weighted by atomic mass is 19.2. The van der Waals surface area contributed by atoms with Gasteiger partial charge in [0.2, 0.25) is 5.82 Å². The maximum Gasteiger partial charge on any atom is 0.346 e. The molecule has 0 fully saturated rings. The summed E-state index contributed by atoms with van der Waals surface area (Å²) in [6.45, 7) is 5.52. The smallest absolute Gasteiger partial charge is 0.346 e. The lowest BCUT2D eigenvalue weighted by atomic mass is 9.98. The number of halogens is 4. The van der Waals surface area contributed by atoms with Crippen molar-refractivity contribution in [3.05, 3.63) is 120 Å². The fourth-order valence-electron chi connectivity index (χ4n) is 3.65. The van der Waals surface area contributed by atoms with Gasteiger partial charge in [0.25, 0.3) is 0 Å². The Morgan fingerprint density at radius 1 is 0.757 bits per heavy atom. The van der Waals surface area contributed by atoms with Gasteiger partial charge in [-0.15, -0.1) is 6.58 Å². The molecule has 0 aliphatic heterocycles. The Hall–Kier alpha value is -4.39. The minimum atomic E-state index is -1.40. The van der Waals surface area contributed by atoms with Crippen molar-refractivity contribution in [1.82, 2.24) is 0 Å². The van der Waals surface area contributed by atoms with Crippen LogP contribution in [0.15, 0.2) is 85.5 Å². The summed E-state index contributed by atoms with van der Waals surface area (Å²) in [6.07, 6.45) is 2.00. The molecule has 0 heterocycles. The fraction of sp³-hybridized carbons (Fsp3) is 0.100. The van der Waals surface area contributed by atoms with Gasteiger partial charge in [0.05, 0.1) is 12.2 Å². The Bertz CT molecular complexity index is 1450. The van der Waals surface area contributed by atoms with Gasteiger partial charge in [-0.25, -0.2) is 18.0 Å². The number of hydrogen-bond donors (Lipinski definition) is 0. The lowest BCUT2D eigenvalue weighted by Crippen LogP contribution is -2.12. The number of rotatable bonds is 8. The molecule has 37 heavy (non-hydrogen) atoms. The molecule has 188 valence electrons. The summed E-state index contributed by atoms with van der Waals surface area (Å²) in [4.78, 5) is 12.4. The second-order valence-corrected chi connectivity index (χ2v) is 8.23. The summed E-state index contributed by atoms with van der Waals surface area (Å²) in [7, 11) is 0. The molecule has 7 heteroatoms. The van der Waals surface area contributed by atoms with Crippen LogP contribution < -0.4 is 9.47 Å². The molecule has 0 unspecified atom stereocenters. The first kappa shape index (κ1) is 25.7. The van der Waals surface area contributed by atoms with E-state index in [-0.39, 0.29) is 29.2 Å². The maximum atomic E-state index is 14.9. The maximum absolute atomic E-state index is 14.9. The van der Waals surface area contributed by atoms with Crippen LogP contribution in [-0.2, 0) is 0 Å². The van der Waals surface area contributed by atoms with E-state index in [4.69, 9.17) is 9.47 Å². The average molecular weight is 506 g/mol. The monoisotopic (exact) mass is 506 g/mol. The molecule has 4 rings (SSSR count). The molecule has 0 N–H and O–H groups in total. The number of aryl methyl sites for hydroxylation is 1. The Morgan fingerprint density at radius 3 is 1.89 bits per heavy atom. The third-order valence-corrected chi connectivity index (χ3v) is 5.67. The van der Waals surface area contributed by atoms with Gasteiger partial charge in [-0.2, -0.15) is 4.39 Å². The Balaban J connectivity index is 1.51. The van der Waals surface area contributed by atoms with Crippen LogP contribution >= 0.6 is 0 Å². The molecule has 0 amide bonds. The van der Waals surface area contributed by atoms with E-state index in [2.05, 4.69) is 6.58 Å². The normalized spacial score (nSPS) is 10.7. The van der Waals surface area contributed by atoms with E-state index >= 15 is 0 Å². The van der Waals surface area contributed by atoms with Crippen LogP contribution in [0.5, 0.6) is 11.5 Å². The molecular weight excluding hydrogens is 484 g/mol. The van der Waals surface area contributed by atoms with Gasteiger partial charge < -0.3 is 9.47 Å². The highest BCUT2D eigenvalue weighted by molar-refractivity contribution is 5.91. The van der Waals surface area contributed by atoms with Crippen LogP contribution in [0.25, 0.3) is 22.3 Å². The highest BCUT2D eigenvalue weighted by Crippen LogP contribution is 2.32. The van der Waals surface area contributed by atoms with E-state index in [0.717, 1.165) is 17.7 Å². The molecule has 0 bridgehead atoms. The van der Waals surface area contributed by atoms with Crippen molar-refractivity contribution < 1.29 is 31.8 Å². The van der Waals surface area contributed by atoms with Gasteiger partial charge in [0.15, 0.2) is 23.2 Å². The van der Waals surface area contributed by atoms with Crippen molar-refractivity contribution in [3.63, 3.8) is 0 Å². The molecule has 0 aliphatic carbocycles. The Kier molecular flexibility index (Phi) is 7.72. The second kappa shape index (κ2) is 11.1. The van der Waals surface area contributed by atoms with E-state index in [9.17, 15) is 22.4 Å². The van der Waals surface area contributed by atoms with Crippen molar-refractivity contribution in [1.29, 1.82) is 0 Å². The quantitative estimate of drug-likeness (QED) is 0.0797. The standard InChI is InChI=1S/C30H22F4O3/c1-3-4-17-36-25-16-15-24(28(33)29(25)34)30(35)37-21-11-9-20(10-12-21)23-14-13-22(26(31)27(23)32)19-7-5-18(2)6-8-19/h3,5-16H,1,4,17H2,2H3. The number of benzene rings is 4. The van der Waals surface area contributed by atoms with E-state index in [1.165, 1.54) is 36.4 Å². The van der Waals surface area contributed by atoms with Crippen LogP contribution in [0, 0.1) is 30.2 Å². The lowest BCUT2D eigenvalue weighted by molar-refractivity contribution is 0.0728. The Morgan fingerprint density at radius 2 is 1.32 bits per heavy atom. The predicted octanol–water partition coefficient (Wildman–Crippen LogP) is 8.06. The lowest BCUT2D eigenvalue weighted by Gasteiger charge is -2.11. The molecule has 0 radical (unpaired) electrons. The summed E-state index contributed by atoms with van der Waals surface area (Å²) in [5.74, 6) is -6.15. The van der Waals surface area contributed by atoms with Gasteiger partial charge in [-0.05, 0) is 48.7 Å². The molecule has 0 aromatic heterocycles. The first-order valence-corrected chi connectivity index (χ1v) is 11.4. The summed E-state index contributed by atoms with van der Waals surface area (Å²) < 4.78 is 68.7. The van der Waals surface area contributed by atoms with Crippen LogP contribution in [0.3, 0.4) is 0 Å². The van der Waals surface area contributed by atoms with Gasteiger partial charge in [-0.3, -0.25) is 0 Å². The van der Waals surface area contributed by atoms with Gasteiger partial charge in [0.1, 0.15) is 5.75 Å². The van der Waals surface area contributed by atoms with Crippen molar-refractivity contribution in [2.45, 2.75) is 13.3 Å².